The summed E-state index contributed by atoms with van der Waals surface area (Å²) >= 11 is 0. The zero-order valence-electron chi connectivity index (χ0n) is 33.6. The number of carbonyl (C=O) groups is 4. The number of ether oxygens (including phenoxy) is 1. The Morgan fingerprint density at radius 3 is 1.90 bits per heavy atom. The molecule has 60 heavy (non-hydrogen) atoms. The number of alkyl carbamates (subject to hydrolysis) is 1. The minimum atomic E-state index is -3.18. The second kappa shape index (κ2) is 17.9. The van der Waals surface area contributed by atoms with Crippen LogP contribution in [0, 0.1) is 23.7 Å². The number of methoxy groups -OCH3 is 1. The molecule has 2 fully saturated rings. The van der Waals surface area contributed by atoms with E-state index in [1.807, 2.05) is 24.3 Å². The number of likely N-dealkylation sites (N-methyl/N-ethyl adjacent to an activating group) is 1. The van der Waals surface area contributed by atoms with Crippen molar-refractivity contribution < 1.29 is 46.6 Å². The summed E-state index contributed by atoms with van der Waals surface area (Å²) in [4.78, 5) is 69.2. The molecule has 18 heteroatoms. The molecular weight excluding hydrogens is 789 g/mol. The van der Waals surface area contributed by atoms with Crippen LogP contribution in [0.4, 0.5) is 27.2 Å². The molecule has 2 saturated heterocycles. The van der Waals surface area contributed by atoms with Gasteiger partial charge in [-0.2, -0.15) is 0 Å². The molecule has 5 atom stereocenters. The molecular formula is C42H46F4N8O6. The van der Waals surface area contributed by atoms with Gasteiger partial charge in [0.2, 0.25) is 18.2 Å². The first kappa shape index (κ1) is 43.2. The van der Waals surface area contributed by atoms with Crippen LogP contribution in [0.15, 0.2) is 60.9 Å². The number of nitrogens with zero attached hydrogens (tertiary/aromatic N) is 5. The van der Waals surface area contributed by atoms with Crippen molar-refractivity contribution in [3.8, 4) is 34.4 Å². The fourth-order valence-electron chi connectivity index (χ4n) is 7.63. The second-order valence-electron chi connectivity index (χ2n) is 15.4. The van der Waals surface area contributed by atoms with Gasteiger partial charge in [0.15, 0.2) is 0 Å². The predicted octanol–water partition coefficient (Wildman–Crippen LogP) is 6.70. The summed E-state index contributed by atoms with van der Waals surface area (Å²) in [7, 11) is 2.34. The van der Waals surface area contributed by atoms with E-state index in [1.54, 1.807) is 50.5 Å². The van der Waals surface area contributed by atoms with Crippen molar-refractivity contribution in [2.24, 2.45) is 11.8 Å². The van der Waals surface area contributed by atoms with Crippen molar-refractivity contribution in [2.45, 2.75) is 76.5 Å². The number of hydrogen-bond donors (Lipinski definition) is 4. The van der Waals surface area contributed by atoms with Crippen LogP contribution in [0.3, 0.4) is 0 Å². The summed E-state index contributed by atoms with van der Waals surface area (Å²) in [5, 5.41) is 11.8. The molecule has 2 aromatic carbocycles. The van der Waals surface area contributed by atoms with Crippen LogP contribution in [0.2, 0.25) is 0 Å². The molecule has 0 spiro atoms. The number of H-pyrrole nitrogens is 2. The summed E-state index contributed by atoms with van der Waals surface area (Å²) in [5.41, 5.74) is 3.97. The lowest BCUT2D eigenvalue weighted by molar-refractivity contribution is -0.140. The average Bonchev–Trinajstić information content (AvgIpc) is 4.05. The molecule has 0 bridgehead atoms. The van der Waals surface area contributed by atoms with Gasteiger partial charge in [-0.05, 0) is 43.0 Å². The number of rotatable bonds is 11. The molecule has 0 saturated carbocycles. The Bertz CT molecular complexity index is 2250. The van der Waals surface area contributed by atoms with Gasteiger partial charge in [0, 0.05) is 60.6 Å². The average molecular weight is 835 g/mol. The first-order valence-corrected chi connectivity index (χ1v) is 19.4. The molecule has 0 aliphatic carbocycles. The lowest BCUT2D eigenvalue weighted by Gasteiger charge is -2.33. The van der Waals surface area contributed by atoms with Gasteiger partial charge in [0.1, 0.15) is 23.7 Å². The lowest BCUT2D eigenvalue weighted by Crippen LogP contribution is -2.53. The van der Waals surface area contributed by atoms with E-state index in [4.69, 9.17) is 4.98 Å². The Kier molecular flexibility index (Phi) is 12.9. The smallest absolute Gasteiger partial charge is 0.407 e. The lowest BCUT2D eigenvalue weighted by atomic mass is 10.0. The van der Waals surface area contributed by atoms with Crippen molar-refractivity contribution >= 4 is 24.0 Å². The highest BCUT2D eigenvalue weighted by atomic mass is 19.3. The first-order chi connectivity index (χ1) is 28.5. The molecule has 14 nitrogen and oxygen atoms in total. The van der Waals surface area contributed by atoms with Crippen molar-refractivity contribution in [1.82, 2.24) is 40.0 Å². The topological polar surface area (TPSA) is 177 Å². The predicted molar refractivity (Wildman–Crippen MR) is 211 cm³/mol. The largest absolute Gasteiger partial charge is 0.465 e. The van der Waals surface area contributed by atoms with Crippen LogP contribution >= 0.6 is 0 Å². The minimum absolute atomic E-state index is 0.172. The third-order valence-corrected chi connectivity index (χ3v) is 10.9. The number of aromatic amines is 2. The Hall–Kier alpha value is -6.38. The number of halogens is 4. The Morgan fingerprint density at radius 1 is 0.883 bits per heavy atom. The number of likely N-dealkylation sites (tertiary alicyclic amines) is 2. The number of alkyl halides is 4. The number of amides is 4. The number of carbonyl (C=O) groups excluding carboxylic acids is 3. The maximum atomic E-state index is 14.7. The zero-order chi connectivity index (χ0) is 43.5. The molecule has 2 aliphatic rings. The second-order valence-corrected chi connectivity index (χ2v) is 15.4. The van der Waals surface area contributed by atoms with Gasteiger partial charge in [0.25, 0.3) is 5.92 Å². The summed E-state index contributed by atoms with van der Waals surface area (Å²) in [5.74, 6) is 0.478. The normalized spacial score (nSPS) is 18.8. The van der Waals surface area contributed by atoms with E-state index in [0.717, 1.165) is 28.0 Å². The van der Waals surface area contributed by atoms with Crippen molar-refractivity contribution in [1.29, 1.82) is 0 Å². The van der Waals surface area contributed by atoms with Crippen LogP contribution in [-0.4, -0.2) is 115 Å². The van der Waals surface area contributed by atoms with Crippen molar-refractivity contribution in [3.63, 3.8) is 0 Å². The molecule has 318 valence electrons. The summed E-state index contributed by atoms with van der Waals surface area (Å²) < 4.78 is 61.3. The maximum Gasteiger partial charge on any atom is 0.407 e. The number of aromatic nitrogens is 4. The van der Waals surface area contributed by atoms with Gasteiger partial charge in [-0.1, -0.05) is 56.9 Å². The van der Waals surface area contributed by atoms with Crippen LogP contribution in [-0.2, 0) is 14.3 Å². The highest BCUT2D eigenvalue weighted by molar-refractivity contribution is 5.87. The van der Waals surface area contributed by atoms with E-state index in [1.165, 1.54) is 18.9 Å². The van der Waals surface area contributed by atoms with Crippen LogP contribution in [0.1, 0.15) is 74.9 Å². The van der Waals surface area contributed by atoms with E-state index in [9.17, 15) is 41.8 Å². The third kappa shape index (κ3) is 9.40. The van der Waals surface area contributed by atoms with Crippen LogP contribution in [0.5, 0.6) is 0 Å². The molecule has 4 aromatic rings. The molecule has 4 amide bonds. The highest BCUT2D eigenvalue weighted by Gasteiger charge is 2.51. The van der Waals surface area contributed by atoms with E-state index in [-0.39, 0.29) is 5.82 Å². The van der Waals surface area contributed by atoms with Crippen molar-refractivity contribution in [2.75, 3.05) is 27.2 Å². The standard InChI is InChI=1S/C42H46F4N8O6/c1-23(2)34(52(4)41(58)59)39(56)54-22-42(45,46)19-32(54)37-48-21-30(50-37)28-16-12-26(13-17-28)9-8-25-10-14-27(15-11-25)29-20-47-36(49-29)31-7-6-18-53(31)38(55)33(24(3)35(43)44)51-40(57)60-5/h10-17,20-21,23-24,31-35H,6-7,18-19,22H2,1-5H3,(H,47,49)(H,48,50)(H,51,57)(H,58,59)/t24?,31?,32-,33-,34-/m0/s1. The number of imidazole rings is 2. The quantitative estimate of drug-likeness (QED) is 0.0954. The van der Waals surface area contributed by atoms with E-state index in [0.29, 0.717) is 47.7 Å². The third-order valence-electron chi connectivity index (χ3n) is 10.9. The van der Waals surface area contributed by atoms with Gasteiger partial charge < -0.3 is 34.9 Å². The molecule has 2 aromatic heterocycles. The fourth-order valence-corrected chi connectivity index (χ4v) is 7.63. The van der Waals surface area contributed by atoms with E-state index >= 15 is 0 Å². The maximum absolute atomic E-state index is 14.7. The van der Waals surface area contributed by atoms with E-state index in [2.05, 4.69) is 36.8 Å². The highest BCUT2D eigenvalue weighted by Crippen LogP contribution is 2.41. The zero-order valence-corrected chi connectivity index (χ0v) is 33.6. The van der Waals surface area contributed by atoms with Gasteiger partial charge in [0.05, 0.1) is 37.1 Å². The number of benzene rings is 2. The molecule has 4 heterocycles. The Morgan fingerprint density at radius 2 is 1.42 bits per heavy atom. The van der Waals surface area contributed by atoms with E-state index < -0.39 is 85.3 Å². The van der Waals surface area contributed by atoms with Crippen LogP contribution in [0.25, 0.3) is 22.5 Å². The number of carboxylic acid groups (broad SMARTS) is 1. The molecule has 2 unspecified atom stereocenters. The Labute approximate surface area is 343 Å². The first-order valence-electron chi connectivity index (χ1n) is 19.4. The monoisotopic (exact) mass is 834 g/mol. The summed E-state index contributed by atoms with van der Waals surface area (Å²) in [6.07, 6.45) is -1.34. The van der Waals surface area contributed by atoms with Crippen LogP contribution < -0.4 is 5.32 Å². The molecule has 6 rings (SSSR count). The van der Waals surface area contributed by atoms with Gasteiger partial charge >= 0.3 is 12.2 Å². The molecule has 2 aliphatic heterocycles. The molecule has 0 radical (unpaired) electrons. The van der Waals surface area contributed by atoms with Gasteiger partial charge in [-0.3, -0.25) is 14.5 Å². The minimum Gasteiger partial charge on any atom is -0.465 e. The summed E-state index contributed by atoms with van der Waals surface area (Å²) in [6, 6.07) is 10.3. The van der Waals surface area contributed by atoms with Crippen molar-refractivity contribution in [3.05, 3.63) is 83.7 Å². The van der Waals surface area contributed by atoms with Gasteiger partial charge in [-0.25, -0.2) is 37.1 Å². The summed E-state index contributed by atoms with van der Waals surface area (Å²) in [6.45, 7) is 3.99. The fraction of sp³-hybridized carbons (Fsp3) is 0.429. The molecule has 4 N–H and O–H groups in total. The van der Waals surface area contributed by atoms with Gasteiger partial charge in [-0.15, -0.1) is 0 Å². The Balaban J connectivity index is 1.10. The SMILES string of the molecule is COC(=O)N[C@H](C(=O)N1CCCC1c1nc(-c2ccc(C#Cc3ccc(-c4c[nH]c([C@@H]5CC(F)(F)CN5C(=O)[C@H](C(C)C)N(C)C(=O)O)n4)cc3)cc2)c[nH]1)C(C)C(F)F. The number of nitrogens with one attached hydrogen (secondary N) is 3. The number of hydrogen-bond acceptors (Lipinski definition) is 7.